The number of hydrogen-bond donors (Lipinski definition) is 1. The van der Waals surface area contributed by atoms with E-state index in [1.165, 1.54) is 18.3 Å². The maximum absolute atomic E-state index is 12.8. The lowest BCUT2D eigenvalue weighted by molar-refractivity contribution is 0.0951. The van der Waals surface area contributed by atoms with Crippen molar-refractivity contribution in [3.05, 3.63) is 60.4 Å². The first kappa shape index (κ1) is 16.1. The lowest BCUT2D eigenvalue weighted by Crippen LogP contribution is -2.29. The average molecular weight is 348 g/mol. The summed E-state index contributed by atoms with van der Waals surface area (Å²) in [7, 11) is -3.60. The van der Waals surface area contributed by atoms with E-state index < -0.39 is 21.6 Å². The summed E-state index contributed by atoms with van der Waals surface area (Å²) < 4.78 is 38.6. The van der Waals surface area contributed by atoms with E-state index in [0.29, 0.717) is 5.78 Å². The number of sulfone groups is 1. The Morgan fingerprint density at radius 3 is 2.71 bits per heavy atom. The van der Waals surface area contributed by atoms with Crippen LogP contribution < -0.4 is 5.32 Å². The molecule has 0 atom stereocenters. The summed E-state index contributed by atoms with van der Waals surface area (Å²) in [6.45, 7) is -0.0835. The summed E-state index contributed by atoms with van der Waals surface area (Å²) in [5.74, 6) is -0.921. The van der Waals surface area contributed by atoms with Gasteiger partial charge in [-0.1, -0.05) is 0 Å². The number of rotatable bonds is 5. The topological polar surface area (TPSA) is 93.4 Å². The Labute approximate surface area is 137 Å². The fraction of sp³-hybridized carbons (Fsp3) is 0.133. The zero-order valence-electron chi connectivity index (χ0n) is 12.4. The molecule has 1 N–H and O–H groups in total. The highest BCUT2D eigenvalue weighted by Crippen LogP contribution is 2.11. The van der Waals surface area contributed by atoms with E-state index >= 15 is 0 Å². The van der Waals surface area contributed by atoms with Crippen LogP contribution in [0.3, 0.4) is 0 Å². The van der Waals surface area contributed by atoms with Gasteiger partial charge in [-0.3, -0.25) is 9.20 Å². The second-order valence-electron chi connectivity index (χ2n) is 4.98. The minimum absolute atomic E-state index is 0.00933. The molecule has 124 valence electrons. The van der Waals surface area contributed by atoms with E-state index in [2.05, 4.69) is 15.3 Å². The van der Waals surface area contributed by atoms with Crippen molar-refractivity contribution in [1.29, 1.82) is 0 Å². The number of benzene rings is 1. The molecule has 7 nitrogen and oxygen atoms in total. The van der Waals surface area contributed by atoms with Gasteiger partial charge in [0.15, 0.2) is 9.84 Å². The molecule has 3 rings (SSSR count). The molecule has 0 radical (unpaired) electrons. The Morgan fingerprint density at radius 2 is 2.00 bits per heavy atom. The van der Waals surface area contributed by atoms with E-state index in [0.717, 1.165) is 12.1 Å². The zero-order chi connectivity index (χ0) is 17.2. The monoisotopic (exact) mass is 348 g/mol. The molecule has 0 spiro atoms. The predicted molar refractivity (Wildman–Crippen MR) is 83.8 cm³/mol. The van der Waals surface area contributed by atoms with Gasteiger partial charge in [-0.05, 0) is 30.3 Å². The van der Waals surface area contributed by atoms with E-state index in [1.54, 1.807) is 22.9 Å². The van der Waals surface area contributed by atoms with Crippen LogP contribution in [0.4, 0.5) is 4.39 Å². The van der Waals surface area contributed by atoms with Gasteiger partial charge in [-0.15, -0.1) is 0 Å². The van der Waals surface area contributed by atoms with E-state index in [1.807, 2.05) is 0 Å². The normalized spacial score (nSPS) is 11.5. The van der Waals surface area contributed by atoms with Crippen molar-refractivity contribution >= 4 is 21.5 Å². The van der Waals surface area contributed by atoms with Crippen molar-refractivity contribution in [3.63, 3.8) is 0 Å². The van der Waals surface area contributed by atoms with Gasteiger partial charge in [0, 0.05) is 25.1 Å². The molecule has 3 aromatic rings. The maximum Gasteiger partial charge on any atom is 0.271 e. The predicted octanol–water partition coefficient (Wildman–Crippen LogP) is 1.07. The lowest BCUT2D eigenvalue weighted by Gasteiger charge is -2.05. The molecule has 0 bridgehead atoms. The molecule has 0 unspecified atom stereocenters. The van der Waals surface area contributed by atoms with Crippen LogP contribution in [0.2, 0.25) is 0 Å². The standard InChI is InChI=1S/C15H13FN4O3S/c16-11-2-4-12(5-3-11)24(22,23)9-7-17-14(21)13-10-20-8-1-6-18-15(20)19-13/h1-6,8,10H,7,9H2,(H,17,21). The number of halogens is 1. The van der Waals surface area contributed by atoms with Gasteiger partial charge in [-0.2, -0.15) is 0 Å². The molecule has 0 aliphatic carbocycles. The summed E-state index contributed by atoms with van der Waals surface area (Å²) in [4.78, 5) is 20.1. The molecule has 0 aliphatic rings. The number of carbonyl (C=O) groups is 1. The Kier molecular flexibility index (Phi) is 4.26. The number of hydrogen-bond acceptors (Lipinski definition) is 5. The summed E-state index contributed by atoms with van der Waals surface area (Å²) in [6.07, 6.45) is 4.76. The largest absolute Gasteiger partial charge is 0.350 e. The number of amides is 1. The van der Waals surface area contributed by atoms with Gasteiger partial charge in [0.25, 0.3) is 5.91 Å². The van der Waals surface area contributed by atoms with E-state index in [9.17, 15) is 17.6 Å². The van der Waals surface area contributed by atoms with Crippen molar-refractivity contribution in [2.75, 3.05) is 12.3 Å². The van der Waals surface area contributed by atoms with Crippen LogP contribution in [0.1, 0.15) is 10.5 Å². The lowest BCUT2D eigenvalue weighted by atomic mass is 10.4. The van der Waals surface area contributed by atoms with Crippen molar-refractivity contribution in [2.24, 2.45) is 0 Å². The second-order valence-corrected chi connectivity index (χ2v) is 7.09. The van der Waals surface area contributed by atoms with Crippen LogP contribution >= 0.6 is 0 Å². The fourth-order valence-corrected chi connectivity index (χ4v) is 3.25. The highest BCUT2D eigenvalue weighted by atomic mass is 32.2. The number of fused-ring (bicyclic) bond motifs is 1. The first-order chi connectivity index (χ1) is 11.5. The van der Waals surface area contributed by atoms with Gasteiger partial charge in [0.1, 0.15) is 11.5 Å². The third-order valence-electron chi connectivity index (χ3n) is 3.30. The quantitative estimate of drug-likeness (QED) is 0.696. The van der Waals surface area contributed by atoms with Crippen molar-refractivity contribution in [3.8, 4) is 0 Å². The molecular weight excluding hydrogens is 335 g/mol. The number of nitrogens with one attached hydrogen (secondary N) is 1. The third-order valence-corrected chi connectivity index (χ3v) is 5.03. The summed E-state index contributed by atoms with van der Waals surface area (Å²) in [5.41, 5.74) is 0.146. The molecule has 1 amide bonds. The third kappa shape index (κ3) is 3.40. The Bertz CT molecular complexity index is 950. The Balaban J connectivity index is 1.63. The molecule has 2 aromatic heterocycles. The number of aromatic nitrogens is 3. The van der Waals surface area contributed by atoms with Gasteiger partial charge in [0.2, 0.25) is 5.78 Å². The van der Waals surface area contributed by atoms with Crippen LogP contribution in [-0.2, 0) is 9.84 Å². The number of nitrogens with zero attached hydrogens (tertiary/aromatic N) is 3. The molecular formula is C15H13FN4O3S. The van der Waals surface area contributed by atoms with Crippen LogP contribution in [0, 0.1) is 5.82 Å². The smallest absolute Gasteiger partial charge is 0.271 e. The molecule has 24 heavy (non-hydrogen) atoms. The van der Waals surface area contributed by atoms with E-state index in [-0.39, 0.29) is 22.9 Å². The van der Waals surface area contributed by atoms with Gasteiger partial charge < -0.3 is 5.32 Å². The summed E-state index contributed by atoms with van der Waals surface area (Å²) in [6, 6.07) is 6.25. The average Bonchev–Trinajstić information content (AvgIpc) is 2.99. The van der Waals surface area contributed by atoms with Gasteiger partial charge in [0.05, 0.1) is 10.6 Å². The second kappa shape index (κ2) is 6.36. The first-order valence-corrected chi connectivity index (χ1v) is 8.67. The minimum Gasteiger partial charge on any atom is -0.350 e. The molecule has 1 aromatic carbocycles. The van der Waals surface area contributed by atoms with Crippen molar-refractivity contribution in [1.82, 2.24) is 19.7 Å². The molecule has 9 heteroatoms. The molecule has 0 saturated heterocycles. The highest BCUT2D eigenvalue weighted by Gasteiger charge is 2.16. The van der Waals surface area contributed by atoms with Crippen molar-refractivity contribution in [2.45, 2.75) is 4.90 Å². The fourth-order valence-electron chi connectivity index (χ4n) is 2.09. The minimum atomic E-state index is -3.60. The molecule has 2 heterocycles. The van der Waals surface area contributed by atoms with Crippen LogP contribution in [0.15, 0.2) is 53.8 Å². The molecule has 0 fully saturated rings. The Hall–Kier alpha value is -2.81. The van der Waals surface area contributed by atoms with Crippen LogP contribution in [0.5, 0.6) is 0 Å². The summed E-state index contributed by atoms with van der Waals surface area (Å²) >= 11 is 0. The molecule has 0 aliphatic heterocycles. The van der Waals surface area contributed by atoms with E-state index in [4.69, 9.17) is 0 Å². The molecule has 0 saturated carbocycles. The van der Waals surface area contributed by atoms with Gasteiger partial charge >= 0.3 is 0 Å². The SMILES string of the molecule is O=C(NCCS(=O)(=O)c1ccc(F)cc1)c1cn2cccnc2n1. The zero-order valence-corrected chi connectivity index (χ0v) is 13.2. The Morgan fingerprint density at radius 1 is 1.25 bits per heavy atom. The van der Waals surface area contributed by atoms with Crippen molar-refractivity contribution < 1.29 is 17.6 Å². The van der Waals surface area contributed by atoms with Gasteiger partial charge in [-0.25, -0.2) is 22.8 Å². The number of imidazole rings is 1. The first-order valence-electron chi connectivity index (χ1n) is 7.02. The highest BCUT2D eigenvalue weighted by molar-refractivity contribution is 7.91. The maximum atomic E-state index is 12.8. The summed E-state index contributed by atoms with van der Waals surface area (Å²) in [5, 5.41) is 2.50. The number of carbonyl (C=O) groups excluding carboxylic acids is 1. The van der Waals surface area contributed by atoms with Crippen LogP contribution in [0.25, 0.3) is 5.78 Å². The van der Waals surface area contributed by atoms with Crippen LogP contribution in [-0.4, -0.2) is 41.0 Å².